The normalized spacial score (nSPS) is 11.4. The standard InChI is InChI=1S/C21H18F3NOS/c1-26-17-7-3-14(4-8-17)11-20-19(12-16(13-25-20)21(22,23)24)15-5-9-18(27-2)10-6-15/h3-10,12-13H,11H2,1-2H3. The third-order valence-electron chi connectivity index (χ3n) is 4.23. The lowest BCUT2D eigenvalue weighted by Crippen LogP contribution is -2.08. The first-order chi connectivity index (χ1) is 12.9. The van der Waals surface area contributed by atoms with Crippen molar-refractivity contribution < 1.29 is 17.9 Å². The monoisotopic (exact) mass is 389 g/mol. The summed E-state index contributed by atoms with van der Waals surface area (Å²) < 4.78 is 44.7. The van der Waals surface area contributed by atoms with E-state index in [0.29, 0.717) is 17.7 Å². The van der Waals surface area contributed by atoms with Gasteiger partial charge in [0, 0.05) is 23.1 Å². The molecule has 140 valence electrons. The summed E-state index contributed by atoms with van der Waals surface area (Å²) in [6, 6.07) is 16.1. The van der Waals surface area contributed by atoms with Crippen LogP contribution in [0.2, 0.25) is 0 Å². The van der Waals surface area contributed by atoms with Gasteiger partial charge in [0.05, 0.1) is 18.4 Å². The van der Waals surface area contributed by atoms with E-state index in [9.17, 15) is 13.2 Å². The van der Waals surface area contributed by atoms with E-state index in [2.05, 4.69) is 4.98 Å². The van der Waals surface area contributed by atoms with Crippen LogP contribution in [0.1, 0.15) is 16.8 Å². The van der Waals surface area contributed by atoms with Gasteiger partial charge in [0.25, 0.3) is 0 Å². The van der Waals surface area contributed by atoms with Crippen LogP contribution in [0.4, 0.5) is 13.2 Å². The lowest BCUT2D eigenvalue weighted by molar-refractivity contribution is -0.137. The molecule has 27 heavy (non-hydrogen) atoms. The molecular formula is C21H18F3NOS. The fourth-order valence-electron chi connectivity index (χ4n) is 2.75. The highest BCUT2D eigenvalue weighted by molar-refractivity contribution is 7.98. The van der Waals surface area contributed by atoms with Gasteiger partial charge in [0.1, 0.15) is 5.75 Å². The Labute approximate surface area is 160 Å². The van der Waals surface area contributed by atoms with Gasteiger partial charge in [-0.2, -0.15) is 13.2 Å². The number of alkyl halides is 3. The van der Waals surface area contributed by atoms with E-state index in [0.717, 1.165) is 28.0 Å². The zero-order valence-corrected chi connectivity index (χ0v) is 15.7. The molecule has 0 atom stereocenters. The number of hydrogen-bond acceptors (Lipinski definition) is 3. The Bertz CT molecular complexity index is 906. The predicted octanol–water partition coefficient (Wildman–Crippen LogP) is 6.09. The molecular weight excluding hydrogens is 371 g/mol. The van der Waals surface area contributed by atoms with Gasteiger partial charge < -0.3 is 4.74 Å². The first-order valence-corrected chi connectivity index (χ1v) is 9.46. The maximum atomic E-state index is 13.2. The minimum absolute atomic E-state index is 0.432. The molecule has 0 radical (unpaired) electrons. The van der Waals surface area contributed by atoms with Crippen molar-refractivity contribution in [2.45, 2.75) is 17.5 Å². The van der Waals surface area contributed by atoms with Crippen LogP contribution in [0.5, 0.6) is 5.75 Å². The molecule has 3 rings (SSSR count). The van der Waals surface area contributed by atoms with Gasteiger partial charge in [-0.05, 0) is 47.7 Å². The van der Waals surface area contributed by atoms with Crippen molar-refractivity contribution in [1.82, 2.24) is 4.98 Å². The summed E-state index contributed by atoms with van der Waals surface area (Å²) in [7, 11) is 1.59. The fraction of sp³-hybridized carbons (Fsp3) is 0.190. The summed E-state index contributed by atoms with van der Waals surface area (Å²) in [4.78, 5) is 5.20. The summed E-state index contributed by atoms with van der Waals surface area (Å²) in [6.45, 7) is 0. The summed E-state index contributed by atoms with van der Waals surface area (Å²) in [5, 5.41) is 0. The third-order valence-corrected chi connectivity index (χ3v) is 4.97. The van der Waals surface area contributed by atoms with Crippen LogP contribution in [-0.2, 0) is 12.6 Å². The van der Waals surface area contributed by atoms with Crippen molar-refractivity contribution >= 4 is 11.8 Å². The minimum Gasteiger partial charge on any atom is -0.497 e. The van der Waals surface area contributed by atoms with Gasteiger partial charge in [-0.15, -0.1) is 11.8 Å². The molecule has 0 saturated heterocycles. The van der Waals surface area contributed by atoms with E-state index in [1.165, 1.54) is 6.07 Å². The number of methoxy groups -OCH3 is 1. The van der Waals surface area contributed by atoms with E-state index in [1.54, 1.807) is 18.9 Å². The Morgan fingerprint density at radius 2 is 1.67 bits per heavy atom. The van der Waals surface area contributed by atoms with Gasteiger partial charge >= 0.3 is 6.18 Å². The molecule has 0 aliphatic heterocycles. The third kappa shape index (κ3) is 4.63. The molecule has 0 aliphatic rings. The van der Waals surface area contributed by atoms with Crippen molar-refractivity contribution in [3.05, 3.63) is 77.6 Å². The lowest BCUT2D eigenvalue weighted by atomic mass is 9.98. The second kappa shape index (κ2) is 8.05. The van der Waals surface area contributed by atoms with Crippen molar-refractivity contribution in [1.29, 1.82) is 0 Å². The maximum absolute atomic E-state index is 13.2. The maximum Gasteiger partial charge on any atom is 0.417 e. The molecule has 0 bridgehead atoms. The number of pyridine rings is 1. The average molecular weight is 389 g/mol. The molecule has 0 fully saturated rings. The van der Waals surface area contributed by atoms with Gasteiger partial charge in [0.2, 0.25) is 0 Å². The second-order valence-corrected chi connectivity index (χ2v) is 6.85. The molecule has 6 heteroatoms. The quantitative estimate of drug-likeness (QED) is 0.493. The molecule has 0 amide bonds. The minimum atomic E-state index is -4.43. The van der Waals surface area contributed by atoms with Gasteiger partial charge in [-0.1, -0.05) is 24.3 Å². The van der Waals surface area contributed by atoms with Crippen LogP contribution in [0, 0.1) is 0 Å². The van der Waals surface area contributed by atoms with Crippen molar-refractivity contribution in [3.8, 4) is 16.9 Å². The Balaban J connectivity index is 2.02. The number of ether oxygens (including phenoxy) is 1. The molecule has 0 saturated carbocycles. The van der Waals surface area contributed by atoms with Crippen LogP contribution in [0.25, 0.3) is 11.1 Å². The zero-order valence-electron chi connectivity index (χ0n) is 14.9. The largest absolute Gasteiger partial charge is 0.497 e. The topological polar surface area (TPSA) is 22.1 Å². The highest BCUT2D eigenvalue weighted by atomic mass is 32.2. The Hall–Kier alpha value is -2.47. The Morgan fingerprint density at radius 3 is 2.22 bits per heavy atom. The smallest absolute Gasteiger partial charge is 0.417 e. The molecule has 2 aromatic carbocycles. The van der Waals surface area contributed by atoms with E-state index in [1.807, 2.05) is 54.8 Å². The second-order valence-electron chi connectivity index (χ2n) is 5.97. The molecule has 0 unspecified atom stereocenters. The predicted molar refractivity (Wildman–Crippen MR) is 102 cm³/mol. The first kappa shape index (κ1) is 19.3. The molecule has 1 heterocycles. The number of nitrogens with zero attached hydrogens (tertiary/aromatic N) is 1. The summed E-state index contributed by atoms with van der Waals surface area (Å²) in [5.74, 6) is 0.729. The number of rotatable bonds is 5. The van der Waals surface area contributed by atoms with E-state index in [4.69, 9.17) is 4.74 Å². The molecule has 0 N–H and O–H groups in total. The highest BCUT2D eigenvalue weighted by Crippen LogP contribution is 2.34. The first-order valence-electron chi connectivity index (χ1n) is 8.24. The summed E-state index contributed by atoms with van der Waals surface area (Å²) in [6.07, 6.45) is -1.14. The number of aromatic nitrogens is 1. The van der Waals surface area contributed by atoms with Gasteiger partial charge in [-0.25, -0.2) is 0 Å². The van der Waals surface area contributed by atoms with E-state index < -0.39 is 11.7 Å². The molecule has 0 aliphatic carbocycles. The Morgan fingerprint density at radius 1 is 1.00 bits per heavy atom. The lowest BCUT2D eigenvalue weighted by Gasteiger charge is -2.14. The summed E-state index contributed by atoms with van der Waals surface area (Å²) >= 11 is 1.58. The molecule has 3 aromatic rings. The van der Waals surface area contributed by atoms with Crippen LogP contribution < -0.4 is 4.74 Å². The molecule has 1 aromatic heterocycles. The van der Waals surface area contributed by atoms with Crippen LogP contribution in [-0.4, -0.2) is 18.3 Å². The fourth-order valence-corrected chi connectivity index (χ4v) is 3.15. The van der Waals surface area contributed by atoms with Crippen molar-refractivity contribution in [2.75, 3.05) is 13.4 Å². The van der Waals surface area contributed by atoms with Crippen molar-refractivity contribution in [2.24, 2.45) is 0 Å². The number of benzene rings is 2. The Kier molecular flexibility index (Phi) is 5.75. The van der Waals surface area contributed by atoms with Crippen LogP contribution >= 0.6 is 11.8 Å². The number of hydrogen-bond donors (Lipinski definition) is 0. The van der Waals surface area contributed by atoms with Crippen molar-refractivity contribution in [3.63, 3.8) is 0 Å². The zero-order chi connectivity index (χ0) is 19.4. The van der Waals surface area contributed by atoms with E-state index >= 15 is 0 Å². The molecule has 0 spiro atoms. The van der Waals surface area contributed by atoms with E-state index in [-0.39, 0.29) is 0 Å². The van der Waals surface area contributed by atoms with Gasteiger partial charge in [-0.3, -0.25) is 4.98 Å². The van der Waals surface area contributed by atoms with Crippen LogP contribution in [0.15, 0.2) is 65.7 Å². The van der Waals surface area contributed by atoms with Gasteiger partial charge in [0.15, 0.2) is 0 Å². The molecule has 2 nitrogen and oxygen atoms in total. The average Bonchev–Trinajstić information content (AvgIpc) is 2.68. The number of halogens is 3. The SMILES string of the molecule is COc1ccc(Cc2ncc(C(F)(F)F)cc2-c2ccc(SC)cc2)cc1. The number of thioether (sulfide) groups is 1. The summed E-state index contributed by atoms with van der Waals surface area (Å²) in [5.41, 5.74) is 2.02. The van der Waals surface area contributed by atoms with Crippen LogP contribution in [0.3, 0.4) is 0 Å². The highest BCUT2D eigenvalue weighted by Gasteiger charge is 2.31.